The van der Waals surface area contributed by atoms with Crippen LogP contribution in [-0.4, -0.2) is 24.0 Å². The van der Waals surface area contributed by atoms with Crippen molar-refractivity contribution < 1.29 is 8.42 Å². The van der Waals surface area contributed by atoms with Crippen LogP contribution >= 0.6 is 0 Å². The lowest BCUT2D eigenvalue weighted by molar-refractivity contribution is 0.555. The van der Waals surface area contributed by atoms with Crippen molar-refractivity contribution in [3.8, 4) is 0 Å². The Morgan fingerprint density at radius 3 is 2.43 bits per heavy atom. The highest BCUT2D eigenvalue weighted by atomic mass is 32.2. The van der Waals surface area contributed by atoms with Crippen LogP contribution in [0.5, 0.6) is 0 Å². The highest BCUT2D eigenvalue weighted by Gasteiger charge is 2.23. The lowest BCUT2D eigenvalue weighted by atomic mass is 10.4. The Bertz CT molecular complexity index is 434. The molecule has 5 nitrogen and oxygen atoms in total. The van der Waals surface area contributed by atoms with Gasteiger partial charge < -0.3 is 5.73 Å². The molecule has 0 aromatic carbocycles. The van der Waals surface area contributed by atoms with Crippen molar-refractivity contribution in [2.24, 2.45) is 0 Å². The highest BCUT2D eigenvalue weighted by molar-refractivity contribution is 7.91. The summed E-state index contributed by atoms with van der Waals surface area (Å²) in [7, 11) is -3.28. The molecule has 6 heteroatoms. The maximum absolute atomic E-state index is 11.7. The number of hydrogen-bond acceptors (Lipinski definition) is 4. The molecule has 0 bridgehead atoms. The van der Waals surface area contributed by atoms with E-state index in [0.717, 1.165) is 0 Å². The normalized spacial score (nSPS) is 11.9. The summed E-state index contributed by atoms with van der Waals surface area (Å²) in [5, 5.41) is 4.21. The summed E-state index contributed by atoms with van der Waals surface area (Å²) >= 11 is 0. The van der Waals surface area contributed by atoms with Crippen LogP contribution < -0.4 is 5.73 Å². The van der Waals surface area contributed by atoms with Crippen LogP contribution in [0.3, 0.4) is 0 Å². The number of rotatable bonds is 3. The van der Waals surface area contributed by atoms with Crippen molar-refractivity contribution in [1.29, 1.82) is 0 Å². The molecule has 0 aliphatic heterocycles. The van der Waals surface area contributed by atoms with Gasteiger partial charge in [-0.2, -0.15) is 5.10 Å². The van der Waals surface area contributed by atoms with Gasteiger partial charge in [0.05, 0.1) is 17.1 Å². The molecule has 0 aliphatic rings. The molecule has 0 aliphatic carbocycles. The van der Waals surface area contributed by atoms with Crippen molar-refractivity contribution >= 4 is 15.5 Å². The van der Waals surface area contributed by atoms with Crippen LogP contribution in [0.1, 0.15) is 19.5 Å². The molecule has 1 aromatic rings. The van der Waals surface area contributed by atoms with E-state index in [0.29, 0.717) is 12.2 Å². The average Bonchev–Trinajstić information content (AvgIpc) is 2.43. The summed E-state index contributed by atoms with van der Waals surface area (Å²) in [5.41, 5.74) is 6.52. The van der Waals surface area contributed by atoms with Gasteiger partial charge in [0.2, 0.25) is 0 Å². The van der Waals surface area contributed by atoms with Gasteiger partial charge in [0.25, 0.3) is 0 Å². The molecule has 0 atom stereocenters. The van der Waals surface area contributed by atoms with E-state index in [-0.39, 0.29) is 16.5 Å². The minimum atomic E-state index is -3.28. The number of aromatic nitrogens is 2. The van der Waals surface area contributed by atoms with Crippen molar-refractivity contribution in [3.63, 3.8) is 0 Å². The van der Waals surface area contributed by atoms with Crippen LogP contribution in [0.2, 0.25) is 0 Å². The summed E-state index contributed by atoms with van der Waals surface area (Å²) in [6.45, 7) is 5.64. The molecule has 0 amide bonds. The summed E-state index contributed by atoms with van der Waals surface area (Å²) in [6.07, 6.45) is 0. The number of aryl methyl sites for hydroxylation is 2. The molecule has 1 aromatic heterocycles. The molecule has 0 radical (unpaired) electrons. The van der Waals surface area contributed by atoms with Crippen LogP contribution in [0.15, 0.2) is 5.03 Å². The molecule has 1 rings (SSSR count). The molecule has 0 spiro atoms. The van der Waals surface area contributed by atoms with Crippen LogP contribution in [0, 0.1) is 6.92 Å². The Labute approximate surface area is 83.8 Å². The summed E-state index contributed by atoms with van der Waals surface area (Å²) in [4.78, 5) is 0. The molecular formula is C8H15N3O2S. The van der Waals surface area contributed by atoms with Gasteiger partial charge in [-0.25, -0.2) is 8.42 Å². The smallest absolute Gasteiger partial charge is 0.197 e. The number of nitrogen functional groups attached to an aromatic ring is 1. The Morgan fingerprint density at radius 2 is 2.00 bits per heavy atom. The van der Waals surface area contributed by atoms with Gasteiger partial charge >= 0.3 is 0 Å². The second-order valence-corrected chi connectivity index (χ2v) is 5.22. The van der Waals surface area contributed by atoms with Gasteiger partial charge in [-0.1, -0.05) is 6.92 Å². The quantitative estimate of drug-likeness (QED) is 0.803. The van der Waals surface area contributed by atoms with Crippen LogP contribution in [0.4, 0.5) is 5.69 Å². The summed E-state index contributed by atoms with van der Waals surface area (Å²) in [5.74, 6) is 0.0440. The van der Waals surface area contributed by atoms with Gasteiger partial charge in [0.1, 0.15) is 0 Å². The number of hydrogen-bond donors (Lipinski definition) is 1. The van der Waals surface area contributed by atoms with E-state index in [1.54, 1.807) is 13.8 Å². The molecule has 2 N–H and O–H groups in total. The largest absolute Gasteiger partial charge is 0.395 e. The zero-order valence-electron chi connectivity index (χ0n) is 8.61. The maximum atomic E-state index is 11.7. The first kappa shape index (κ1) is 11.0. The first-order valence-electron chi connectivity index (χ1n) is 4.49. The molecular weight excluding hydrogens is 202 g/mol. The van der Waals surface area contributed by atoms with E-state index in [4.69, 9.17) is 5.73 Å². The third-order valence-corrected chi connectivity index (χ3v) is 3.88. The predicted octanol–water partition coefficient (Wildman–Crippen LogP) is 0.587. The van der Waals surface area contributed by atoms with Crippen molar-refractivity contribution in [2.45, 2.75) is 32.3 Å². The van der Waals surface area contributed by atoms with Gasteiger partial charge in [0, 0.05) is 6.54 Å². The van der Waals surface area contributed by atoms with Crippen LogP contribution in [-0.2, 0) is 16.4 Å². The lowest BCUT2D eigenvalue weighted by Crippen LogP contribution is -2.13. The van der Waals surface area contributed by atoms with E-state index in [1.807, 2.05) is 6.92 Å². The molecule has 80 valence electrons. The zero-order chi connectivity index (χ0) is 10.9. The minimum absolute atomic E-state index is 0.0440. The Kier molecular flexibility index (Phi) is 2.84. The van der Waals surface area contributed by atoms with E-state index in [2.05, 4.69) is 5.10 Å². The SMILES string of the molecule is CCn1nc(C)c(N)c1S(=O)(=O)CC. The lowest BCUT2D eigenvalue weighted by Gasteiger charge is -2.04. The number of nitrogens with two attached hydrogens (primary N) is 1. The van der Waals surface area contributed by atoms with E-state index >= 15 is 0 Å². The molecule has 1 heterocycles. The fourth-order valence-electron chi connectivity index (χ4n) is 1.25. The Morgan fingerprint density at radius 1 is 1.43 bits per heavy atom. The topological polar surface area (TPSA) is 78.0 Å². The van der Waals surface area contributed by atoms with E-state index in [9.17, 15) is 8.42 Å². The van der Waals surface area contributed by atoms with Crippen molar-refractivity contribution in [2.75, 3.05) is 11.5 Å². The van der Waals surface area contributed by atoms with Gasteiger partial charge in [-0.15, -0.1) is 0 Å². The van der Waals surface area contributed by atoms with Gasteiger partial charge in [-0.05, 0) is 13.8 Å². The second kappa shape index (κ2) is 3.61. The predicted molar refractivity (Wildman–Crippen MR) is 54.8 cm³/mol. The third kappa shape index (κ3) is 1.61. The fourth-order valence-corrected chi connectivity index (χ4v) is 2.50. The first-order chi connectivity index (χ1) is 6.44. The van der Waals surface area contributed by atoms with Gasteiger partial charge in [-0.3, -0.25) is 4.68 Å². The fraction of sp³-hybridized carbons (Fsp3) is 0.625. The second-order valence-electron chi connectivity index (χ2n) is 3.02. The van der Waals surface area contributed by atoms with E-state index in [1.165, 1.54) is 4.68 Å². The average molecular weight is 217 g/mol. The maximum Gasteiger partial charge on any atom is 0.197 e. The number of anilines is 1. The molecule has 0 fully saturated rings. The number of sulfone groups is 1. The highest BCUT2D eigenvalue weighted by Crippen LogP contribution is 2.22. The monoisotopic (exact) mass is 217 g/mol. The molecule has 0 saturated carbocycles. The minimum Gasteiger partial charge on any atom is -0.395 e. The standard InChI is InChI=1S/C8H15N3O2S/c1-4-11-8(14(12,13)5-2)7(9)6(3)10-11/h4-5,9H2,1-3H3. The van der Waals surface area contributed by atoms with E-state index < -0.39 is 9.84 Å². The van der Waals surface area contributed by atoms with Gasteiger partial charge in [0.15, 0.2) is 14.9 Å². The Balaban J connectivity index is 3.47. The van der Waals surface area contributed by atoms with Crippen molar-refractivity contribution in [3.05, 3.63) is 5.69 Å². The zero-order valence-corrected chi connectivity index (χ0v) is 9.43. The molecule has 0 saturated heterocycles. The summed E-state index contributed by atoms with van der Waals surface area (Å²) in [6, 6.07) is 0. The number of nitrogens with zero attached hydrogens (tertiary/aromatic N) is 2. The third-order valence-electron chi connectivity index (χ3n) is 2.10. The van der Waals surface area contributed by atoms with Crippen molar-refractivity contribution in [1.82, 2.24) is 9.78 Å². The molecule has 0 unspecified atom stereocenters. The van der Waals surface area contributed by atoms with Crippen LogP contribution in [0.25, 0.3) is 0 Å². The molecule has 14 heavy (non-hydrogen) atoms. The Hall–Kier alpha value is -1.04. The first-order valence-corrected chi connectivity index (χ1v) is 6.14. The summed E-state index contributed by atoms with van der Waals surface area (Å²) < 4.78 is 24.8.